The molecule has 0 aliphatic carbocycles. The SMILES string of the molecule is COc1cc(-c2nnc(C(C)n3nc(C(F)(F)F)cc3C)o2)ccc1OC(F)F. The van der Waals surface area contributed by atoms with Crippen LogP contribution in [0.15, 0.2) is 28.7 Å². The first-order valence-electron chi connectivity index (χ1n) is 8.20. The lowest BCUT2D eigenvalue weighted by Crippen LogP contribution is -2.13. The predicted octanol–water partition coefficient (Wildman–Crippen LogP) is 4.48. The maximum Gasteiger partial charge on any atom is 0.435 e. The van der Waals surface area contributed by atoms with Crippen molar-refractivity contribution in [3.8, 4) is 23.0 Å². The molecule has 3 rings (SSSR count). The highest BCUT2D eigenvalue weighted by molar-refractivity contribution is 5.59. The van der Waals surface area contributed by atoms with Gasteiger partial charge in [-0.3, -0.25) is 4.68 Å². The van der Waals surface area contributed by atoms with Crippen molar-refractivity contribution in [1.82, 2.24) is 20.0 Å². The molecule has 7 nitrogen and oxygen atoms in total. The maximum absolute atomic E-state index is 12.9. The Balaban J connectivity index is 1.88. The summed E-state index contributed by atoms with van der Waals surface area (Å²) in [6.45, 7) is 0.00440. The Labute approximate surface area is 161 Å². The predicted molar refractivity (Wildman–Crippen MR) is 88.7 cm³/mol. The molecule has 2 aromatic heterocycles. The summed E-state index contributed by atoms with van der Waals surface area (Å²) in [7, 11) is 1.28. The van der Waals surface area contributed by atoms with Gasteiger partial charge in [0.15, 0.2) is 17.2 Å². The molecule has 0 amide bonds. The van der Waals surface area contributed by atoms with E-state index in [0.29, 0.717) is 5.56 Å². The molecule has 29 heavy (non-hydrogen) atoms. The van der Waals surface area contributed by atoms with E-state index < -0.39 is 24.5 Å². The van der Waals surface area contributed by atoms with Gasteiger partial charge in [0.05, 0.1) is 7.11 Å². The average Bonchev–Trinajstić information content (AvgIpc) is 3.28. The topological polar surface area (TPSA) is 75.2 Å². The van der Waals surface area contributed by atoms with Crippen LogP contribution < -0.4 is 9.47 Å². The smallest absolute Gasteiger partial charge is 0.435 e. The van der Waals surface area contributed by atoms with E-state index in [-0.39, 0.29) is 29.0 Å². The number of alkyl halides is 5. The summed E-state index contributed by atoms with van der Waals surface area (Å²) in [5.41, 5.74) is -0.414. The molecule has 0 aliphatic heterocycles. The number of halogens is 5. The highest BCUT2D eigenvalue weighted by Gasteiger charge is 2.35. The van der Waals surface area contributed by atoms with Gasteiger partial charge in [-0.1, -0.05) is 0 Å². The number of benzene rings is 1. The monoisotopic (exact) mass is 418 g/mol. The van der Waals surface area contributed by atoms with Crippen molar-refractivity contribution >= 4 is 0 Å². The van der Waals surface area contributed by atoms with Crippen LogP contribution in [-0.4, -0.2) is 33.7 Å². The van der Waals surface area contributed by atoms with Crippen LogP contribution in [0.2, 0.25) is 0 Å². The lowest BCUT2D eigenvalue weighted by molar-refractivity contribution is -0.141. The standard InChI is InChI=1S/C17H15F5N4O3/c1-8-6-13(17(20,21)22)25-26(8)9(2)14-23-24-15(29-14)10-4-5-11(28-16(18)19)12(7-10)27-3/h4-7,9,16H,1-3H3. The van der Waals surface area contributed by atoms with E-state index in [0.717, 1.165) is 10.7 Å². The molecule has 2 heterocycles. The van der Waals surface area contributed by atoms with Crippen molar-refractivity contribution in [2.24, 2.45) is 0 Å². The summed E-state index contributed by atoms with van der Waals surface area (Å²) >= 11 is 0. The van der Waals surface area contributed by atoms with Gasteiger partial charge in [0.1, 0.15) is 6.04 Å². The van der Waals surface area contributed by atoms with Crippen LogP contribution >= 0.6 is 0 Å². The number of nitrogens with zero attached hydrogens (tertiary/aromatic N) is 4. The zero-order chi connectivity index (χ0) is 21.3. The fraction of sp³-hybridized carbons (Fsp3) is 0.353. The highest BCUT2D eigenvalue weighted by Crippen LogP contribution is 2.34. The Morgan fingerprint density at radius 2 is 1.83 bits per heavy atom. The molecule has 0 bridgehead atoms. The minimum Gasteiger partial charge on any atom is -0.493 e. The molecule has 156 valence electrons. The third-order valence-electron chi connectivity index (χ3n) is 4.00. The van der Waals surface area contributed by atoms with Crippen molar-refractivity contribution in [3.05, 3.63) is 41.5 Å². The van der Waals surface area contributed by atoms with Crippen molar-refractivity contribution in [1.29, 1.82) is 0 Å². The van der Waals surface area contributed by atoms with Crippen LogP contribution in [0.5, 0.6) is 11.5 Å². The van der Waals surface area contributed by atoms with Crippen molar-refractivity contribution < 1.29 is 35.8 Å². The fourth-order valence-electron chi connectivity index (χ4n) is 2.64. The third-order valence-corrected chi connectivity index (χ3v) is 4.00. The van der Waals surface area contributed by atoms with E-state index in [1.165, 1.54) is 32.2 Å². The van der Waals surface area contributed by atoms with Gasteiger partial charge in [-0.25, -0.2) is 0 Å². The van der Waals surface area contributed by atoms with Gasteiger partial charge in [0, 0.05) is 11.3 Å². The van der Waals surface area contributed by atoms with Gasteiger partial charge in [-0.2, -0.15) is 27.1 Å². The fourth-order valence-corrected chi connectivity index (χ4v) is 2.64. The molecule has 1 atom stereocenters. The summed E-state index contributed by atoms with van der Waals surface area (Å²) in [5, 5.41) is 11.3. The van der Waals surface area contributed by atoms with E-state index in [1.54, 1.807) is 6.92 Å². The number of hydrogen-bond donors (Lipinski definition) is 0. The van der Waals surface area contributed by atoms with Crippen LogP contribution in [0.25, 0.3) is 11.5 Å². The second kappa shape index (κ2) is 7.68. The van der Waals surface area contributed by atoms with E-state index in [9.17, 15) is 22.0 Å². The molecular formula is C17H15F5N4O3. The lowest BCUT2D eigenvalue weighted by Gasteiger charge is -2.11. The third kappa shape index (κ3) is 4.30. The van der Waals surface area contributed by atoms with E-state index in [4.69, 9.17) is 9.15 Å². The normalized spacial score (nSPS) is 13.0. The first kappa shape index (κ1) is 20.6. The molecular weight excluding hydrogens is 403 g/mol. The molecule has 12 heteroatoms. The summed E-state index contributed by atoms with van der Waals surface area (Å²) < 4.78 is 79.5. The summed E-state index contributed by atoms with van der Waals surface area (Å²) in [5.74, 6) is -0.110. The van der Waals surface area contributed by atoms with E-state index in [1.807, 2.05) is 0 Å². The average molecular weight is 418 g/mol. The van der Waals surface area contributed by atoms with Gasteiger partial charge >= 0.3 is 12.8 Å². The van der Waals surface area contributed by atoms with Crippen LogP contribution in [0, 0.1) is 6.92 Å². The molecule has 0 saturated carbocycles. The van der Waals surface area contributed by atoms with Crippen molar-refractivity contribution in [2.45, 2.75) is 32.7 Å². The zero-order valence-electron chi connectivity index (χ0n) is 15.4. The minimum atomic E-state index is -4.58. The molecule has 0 fully saturated rings. The molecule has 0 N–H and O–H groups in total. The quantitative estimate of drug-likeness (QED) is 0.550. The van der Waals surface area contributed by atoms with Gasteiger partial charge in [-0.15, -0.1) is 10.2 Å². The lowest BCUT2D eigenvalue weighted by atomic mass is 10.2. The molecule has 0 aliphatic rings. The van der Waals surface area contributed by atoms with Gasteiger partial charge in [0.25, 0.3) is 0 Å². The molecule has 0 radical (unpaired) electrons. The molecule has 0 saturated heterocycles. The number of hydrogen-bond acceptors (Lipinski definition) is 6. The van der Waals surface area contributed by atoms with Crippen LogP contribution in [-0.2, 0) is 6.18 Å². The van der Waals surface area contributed by atoms with Crippen LogP contribution in [0.4, 0.5) is 22.0 Å². The first-order chi connectivity index (χ1) is 13.6. The number of ether oxygens (including phenoxy) is 2. The minimum absolute atomic E-state index is 0.0202. The summed E-state index contributed by atoms with van der Waals surface area (Å²) in [4.78, 5) is 0. The second-order valence-electron chi connectivity index (χ2n) is 5.98. The van der Waals surface area contributed by atoms with Crippen LogP contribution in [0.1, 0.15) is 30.2 Å². The largest absolute Gasteiger partial charge is 0.493 e. The molecule has 1 unspecified atom stereocenters. The van der Waals surface area contributed by atoms with Gasteiger partial charge in [0.2, 0.25) is 11.8 Å². The Morgan fingerprint density at radius 3 is 2.41 bits per heavy atom. The van der Waals surface area contributed by atoms with E-state index in [2.05, 4.69) is 20.0 Å². The second-order valence-corrected chi connectivity index (χ2v) is 5.98. The maximum atomic E-state index is 12.9. The van der Waals surface area contributed by atoms with Crippen molar-refractivity contribution in [2.75, 3.05) is 7.11 Å². The van der Waals surface area contributed by atoms with Crippen molar-refractivity contribution in [3.63, 3.8) is 0 Å². The zero-order valence-corrected chi connectivity index (χ0v) is 15.4. The molecule has 3 aromatic rings. The Bertz CT molecular complexity index is 999. The number of rotatable bonds is 6. The number of aromatic nitrogens is 4. The van der Waals surface area contributed by atoms with Gasteiger partial charge < -0.3 is 13.9 Å². The number of aryl methyl sites for hydroxylation is 1. The summed E-state index contributed by atoms with van der Waals surface area (Å²) in [6, 6.07) is 4.17. The van der Waals surface area contributed by atoms with E-state index >= 15 is 0 Å². The number of methoxy groups -OCH3 is 1. The summed E-state index contributed by atoms with van der Waals surface area (Å²) in [6.07, 6.45) is -4.58. The molecule has 0 spiro atoms. The highest BCUT2D eigenvalue weighted by atomic mass is 19.4. The van der Waals surface area contributed by atoms with Gasteiger partial charge in [-0.05, 0) is 38.1 Å². The van der Waals surface area contributed by atoms with Crippen LogP contribution in [0.3, 0.4) is 0 Å². The Hall–Kier alpha value is -3.18. The Morgan fingerprint density at radius 1 is 1.10 bits per heavy atom. The molecule has 1 aromatic carbocycles. The first-order valence-corrected chi connectivity index (χ1v) is 8.20. The Kier molecular flexibility index (Phi) is 5.44.